The molecule has 2 aromatic carbocycles. The van der Waals surface area contributed by atoms with Gasteiger partial charge in [-0.2, -0.15) is 0 Å². The van der Waals surface area contributed by atoms with Gasteiger partial charge in [0.15, 0.2) is 0 Å². The molecule has 3 nitrogen and oxygen atoms in total. The molecule has 0 spiro atoms. The van der Waals surface area contributed by atoms with Gasteiger partial charge in [0.2, 0.25) is 0 Å². The van der Waals surface area contributed by atoms with Crippen molar-refractivity contribution in [1.29, 1.82) is 0 Å². The number of nitrogens with zero attached hydrogens (tertiary/aromatic N) is 3. The van der Waals surface area contributed by atoms with E-state index in [4.69, 9.17) is 16.6 Å². The minimum atomic E-state index is 0.757. The molecule has 0 N–H and O–H groups in total. The Labute approximate surface area is 155 Å². The number of hydrogen-bond donors (Lipinski definition) is 0. The molecule has 0 amide bonds. The average Bonchev–Trinajstić information content (AvgIpc) is 2.82. The van der Waals surface area contributed by atoms with Crippen LogP contribution in [-0.4, -0.2) is 49.9 Å². The maximum atomic E-state index is 6.32. The molecule has 0 aromatic heterocycles. The fourth-order valence-electron chi connectivity index (χ4n) is 3.34. The second-order valence-electron chi connectivity index (χ2n) is 6.27. The minimum Gasteiger partial charge on any atom is -0.368 e. The average molecular weight is 356 g/mol. The third kappa shape index (κ3) is 4.23. The van der Waals surface area contributed by atoms with Crippen LogP contribution in [-0.2, 0) is 0 Å². The Balaban J connectivity index is 1.93. The Morgan fingerprint density at radius 3 is 2.56 bits per heavy atom. The maximum Gasteiger partial charge on any atom is 0.0741 e. The van der Waals surface area contributed by atoms with E-state index in [0.29, 0.717) is 0 Å². The maximum absolute atomic E-state index is 6.32. The number of anilines is 1. The van der Waals surface area contributed by atoms with Gasteiger partial charge in [-0.1, -0.05) is 55.8 Å². The van der Waals surface area contributed by atoms with Crippen molar-refractivity contribution in [3.05, 3.63) is 64.7 Å². The molecule has 4 heteroatoms. The van der Waals surface area contributed by atoms with E-state index in [0.717, 1.165) is 61.1 Å². The van der Waals surface area contributed by atoms with Gasteiger partial charge in [0, 0.05) is 41.5 Å². The summed E-state index contributed by atoms with van der Waals surface area (Å²) in [7, 11) is 0. The van der Waals surface area contributed by atoms with Gasteiger partial charge >= 0.3 is 0 Å². The zero-order chi connectivity index (χ0) is 17.6. The van der Waals surface area contributed by atoms with Crippen molar-refractivity contribution in [2.45, 2.75) is 13.8 Å². The Morgan fingerprint density at radius 1 is 1.08 bits per heavy atom. The van der Waals surface area contributed by atoms with Crippen LogP contribution < -0.4 is 4.90 Å². The molecule has 0 unspecified atom stereocenters. The first kappa shape index (κ1) is 18.0. The Hall–Kier alpha value is -1.84. The van der Waals surface area contributed by atoms with Gasteiger partial charge in [0.05, 0.1) is 12.3 Å². The quantitative estimate of drug-likeness (QED) is 0.767. The normalized spacial score (nSPS) is 14.2. The second-order valence-corrected chi connectivity index (χ2v) is 6.71. The first-order valence-corrected chi connectivity index (χ1v) is 9.47. The molecule has 2 aromatic rings. The number of benzodiazepines with no additional fused rings is 1. The van der Waals surface area contributed by atoms with Gasteiger partial charge < -0.3 is 9.80 Å². The number of fused-ring (bicyclic) bond motifs is 1. The summed E-state index contributed by atoms with van der Waals surface area (Å²) in [5, 5.41) is 0.757. The number of benzene rings is 2. The van der Waals surface area contributed by atoms with Crippen molar-refractivity contribution in [3.63, 3.8) is 0 Å². The summed E-state index contributed by atoms with van der Waals surface area (Å²) < 4.78 is 0. The van der Waals surface area contributed by atoms with E-state index < -0.39 is 0 Å². The predicted molar refractivity (Wildman–Crippen MR) is 108 cm³/mol. The van der Waals surface area contributed by atoms with Crippen LogP contribution in [0.25, 0.3) is 0 Å². The summed E-state index contributed by atoms with van der Waals surface area (Å²) in [5.41, 5.74) is 4.56. The lowest BCUT2D eigenvalue weighted by molar-refractivity contribution is 0.309. The predicted octanol–water partition coefficient (Wildman–Crippen LogP) is 4.34. The van der Waals surface area contributed by atoms with E-state index in [9.17, 15) is 0 Å². The highest BCUT2D eigenvalue weighted by molar-refractivity contribution is 6.31. The van der Waals surface area contributed by atoms with Crippen LogP contribution in [0, 0.1) is 0 Å². The summed E-state index contributed by atoms with van der Waals surface area (Å²) >= 11 is 6.32. The van der Waals surface area contributed by atoms with Crippen LogP contribution in [0.1, 0.15) is 25.0 Å². The van der Waals surface area contributed by atoms with E-state index in [1.807, 2.05) is 12.1 Å². The number of likely N-dealkylation sites (N-methyl/N-ethyl adjacent to an activating group) is 1. The molecule has 1 heterocycles. The molecule has 0 saturated heterocycles. The lowest BCUT2D eigenvalue weighted by Gasteiger charge is -2.28. The third-order valence-corrected chi connectivity index (χ3v) is 5.06. The zero-order valence-electron chi connectivity index (χ0n) is 15.1. The summed E-state index contributed by atoms with van der Waals surface area (Å²) in [6.07, 6.45) is 0. The van der Waals surface area contributed by atoms with Crippen LogP contribution in [0.4, 0.5) is 5.69 Å². The molecule has 0 fully saturated rings. The van der Waals surface area contributed by atoms with Crippen LogP contribution in [0.5, 0.6) is 0 Å². The van der Waals surface area contributed by atoms with Crippen molar-refractivity contribution < 1.29 is 0 Å². The van der Waals surface area contributed by atoms with E-state index in [-0.39, 0.29) is 0 Å². The highest BCUT2D eigenvalue weighted by Gasteiger charge is 2.20. The molecule has 1 aliphatic heterocycles. The summed E-state index contributed by atoms with van der Waals surface area (Å²) in [4.78, 5) is 9.80. The molecule has 0 bridgehead atoms. The second kappa shape index (κ2) is 8.50. The van der Waals surface area contributed by atoms with Gasteiger partial charge in [0.1, 0.15) is 0 Å². The number of hydrogen-bond acceptors (Lipinski definition) is 3. The number of halogens is 1. The van der Waals surface area contributed by atoms with E-state index in [1.165, 1.54) is 5.69 Å². The van der Waals surface area contributed by atoms with Crippen molar-refractivity contribution in [3.8, 4) is 0 Å². The molecule has 1 aliphatic rings. The topological polar surface area (TPSA) is 18.8 Å². The van der Waals surface area contributed by atoms with Crippen molar-refractivity contribution >= 4 is 23.0 Å². The van der Waals surface area contributed by atoms with Gasteiger partial charge in [-0.15, -0.1) is 0 Å². The SMILES string of the molecule is CCN(CC)CCN1CCN=C(c2ccccc2)c2cc(Cl)ccc21. The molecular weight excluding hydrogens is 330 g/mol. The fourth-order valence-corrected chi connectivity index (χ4v) is 3.51. The summed E-state index contributed by atoms with van der Waals surface area (Å²) in [5.74, 6) is 0. The molecule has 0 aliphatic carbocycles. The van der Waals surface area contributed by atoms with Crippen molar-refractivity contribution in [1.82, 2.24) is 4.90 Å². The Kier molecular flexibility index (Phi) is 6.11. The number of aliphatic imine (C=N–C) groups is 1. The molecular formula is C21H26ClN3. The molecule has 0 saturated carbocycles. The number of rotatable bonds is 6. The van der Waals surface area contributed by atoms with E-state index in [2.05, 4.69) is 60.0 Å². The highest BCUT2D eigenvalue weighted by Crippen LogP contribution is 2.29. The first-order valence-electron chi connectivity index (χ1n) is 9.10. The summed E-state index contributed by atoms with van der Waals surface area (Å²) in [6, 6.07) is 16.6. The standard InChI is InChI=1S/C21H26ClN3/c1-3-24(4-2)14-15-25-13-12-23-21(17-8-6-5-7-9-17)19-16-18(22)10-11-20(19)25/h5-11,16H,3-4,12-15H2,1-2H3. The van der Waals surface area contributed by atoms with Gasteiger partial charge in [0.25, 0.3) is 0 Å². The fraction of sp³-hybridized carbons (Fsp3) is 0.381. The first-order chi connectivity index (χ1) is 12.2. The monoisotopic (exact) mass is 355 g/mol. The van der Waals surface area contributed by atoms with Crippen LogP contribution in [0.3, 0.4) is 0 Å². The Bertz CT molecular complexity index is 723. The van der Waals surface area contributed by atoms with Crippen molar-refractivity contribution in [2.75, 3.05) is 44.2 Å². The van der Waals surface area contributed by atoms with Crippen LogP contribution >= 0.6 is 11.6 Å². The van der Waals surface area contributed by atoms with Gasteiger partial charge in [-0.3, -0.25) is 4.99 Å². The third-order valence-electron chi connectivity index (χ3n) is 4.82. The Morgan fingerprint density at radius 2 is 1.84 bits per heavy atom. The van der Waals surface area contributed by atoms with Crippen LogP contribution in [0.15, 0.2) is 53.5 Å². The lowest BCUT2D eigenvalue weighted by atomic mass is 10.00. The van der Waals surface area contributed by atoms with Gasteiger partial charge in [-0.25, -0.2) is 0 Å². The van der Waals surface area contributed by atoms with E-state index >= 15 is 0 Å². The molecule has 25 heavy (non-hydrogen) atoms. The molecule has 0 radical (unpaired) electrons. The van der Waals surface area contributed by atoms with E-state index in [1.54, 1.807) is 0 Å². The molecule has 3 rings (SSSR count). The zero-order valence-corrected chi connectivity index (χ0v) is 15.8. The largest absolute Gasteiger partial charge is 0.368 e. The van der Waals surface area contributed by atoms with Crippen molar-refractivity contribution in [2.24, 2.45) is 4.99 Å². The highest BCUT2D eigenvalue weighted by atomic mass is 35.5. The molecule has 0 atom stereocenters. The summed E-state index contributed by atoms with van der Waals surface area (Å²) in [6.45, 7) is 10.4. The van der Waals surface area contributed by atoms with Crippen LogP contribution in [0.2, 0.25) is 5.02 Å². The molecule has 132 valence electrons. The lowest BCUT2D eigenvalue weighted by Crippen LogP contribution is -2.36. The minimum absolute atomic E-state index is 0.757. The smallest absolute Gasteiger partial charge is 0.0741 e. The van der Waals surface area contributed by atoms with Gasteiger partial charge in [-0.05, 0) is 31.3 Å².